The third-order valence-corrected chi connectivity index (χ3v) is 2.90. The van der Waals surface area contributed by atoms with Gasteiger partial charge in [0.05, 0.1) is 18.4 Å². The van der Waals surface area contributed by atoms with E-state index in [1.165, 1.54) is 0 Å². The largest absolute Gasteiger partial charge is 0.493 e. The first-order valence-corrected chi connectivity index (χ1v) is 6.76. The molecule has 20 heavy (non-hydrogen) atoms. The first kappa shape index (κ1) is 14.1. The Bertz CT molecular complexity index is 578. The normalized spacial score (nSPS) is 10.3. The first-order valence-electron chi connectivity index (χ1n) is 6.76. The summed E-state index contributed by atoms with van der Waals surface area (Å²) in [5, 5.41) is 7.05. The van der Waals surface area contributed by atoms with E-state index in [4.69, 9.17) is 4.74 Å². The lowest BCUT2D eigenvalue weighted by Gasteiger charge is -2.09. The lowest BCUT2D eigenvalue weighted by Crippen LogP contribution is -2.23. The lowest BCUT2D eigenvalue weighted by atomic mass is 10.2. The summed E-state index contributed by atoms with van der Waals surface area (Å²) in [6, 6.07) is 7.24. The number of aromatic nitrogens is 2. The minimum Gasteiger partial charge on any atom is -0.493 e. The summed E-state index contributed by atoms with van der Waals surface area (Å²) in [6.45, 7) is 5.73. The van der Waals surface area contributed by atoms with E-state index in [-0.39, 0.29) is 5.91 Å². The number of carbonyl (C=O) groups is 1. The zero-order valence-electron chi connectivity index (χ0n) is 11.8. The van der Waals surface area contributed by atoms with Crippen LogP contribution in [-0.4, -0.2) is 22.3 Å². The Kier molecular flexibility index (Phi) is 4.76. The molecule has 0 aliphatic heterocycles. The molecular weight excluding hydrogens is 254 g/mol. The van der Waals surface area contributed by atoms with Gasteiger partial charge in [-0.05, 0) is 26.0 Å². The Morgan fingerprint density at radius 3 is 2.85 bits per heavy atom. The second-order valence-corrected chi connectivity index (χ2v) is 4.32. The van der Waals surface area contributed by atoms with E-state index >= 15 is 0 Å². The average molecular weight is 273 g/mol. The Labute approximate surface area is 118 Å². The number of hydrogen-bond acceptors (Lipinski definition) is 3. The molecule has 0 aliphatic carbocycles. The minimum absolute atomic E-state index is 0.140. The Balaban J connectivity index is 2.01. The number of benzene rings is 1. The second-order valence-electron chi connectivity index (χ2n) is 4.32. The van der Waals surface area contributed by atoms with Gasteiger partial charge in [-0.15, -0.1) is 0 Å². The summed E-state index contributed by atoms with van der Waals surface area (Å²) in [5.41, 5.74) is 1.53. The zero-order valence-corrected chi connectivity index (χ0v) is 11.8. The number of rotatable bonds is 6. The molecule has 1 aromatic carbocycles. The fourth-order valence-corrected chi connectivity index (χ4v) is 1.88. The van der Waals surface area contributed by atoms with E-state index in [1.54, 1.807) is 18.3 Å². The third kappa shape index (κ3) is 3.38. The SMILES string of the molecule is CCOc1ccccc1C(=O)NCc1cnn(CC)c1. The number of nitrogens with zero attached hydrogens (tertiary/aromatic N) is 2. The van der Waals surface area contributed by atoms with Crippen molar-refractivity contribution < 1.29 is 9.53 Å². The number of carbonyl (C=O) groups excluding carboxylic acids is 1. The van der Waals surface area contributed by atoms with Crippen molar-refractivity contribution in [2.75, 3.05) is 6.61 Å². The minimum atomic E-state index is -0.140. The highest BCUT2D eigenvalue weighted by Gasteiger charge is 2.11. The van der Waals surface area contributed by atoms with Crippen LogP contribution in [0.25, 0.3) is 0 Å². The number of hydrogen-bond donors (Lipinski definition) is 1. The molecule has 1 amide bonds. The number of ether oxygens (including phenoxy) is 1. The lowest BCUT2D eigenvalue weighted by molar-refractivity contribution is 0.0947. The predicted octanol–water partition coefficient (Wildman–Crippen LogP) is 2.23. The Morgan fingerprint density at radius 2 is 2.15 bits per heavy atom. The fraction of sp³-hybridized carbons (Fsp3) is 0.333. The van der Waals surface area contributed by atoms with Crippen LogP contribution < -0.4 is 10.1 Å². The Hall–Kier alpha value is -2.30. The number of amides is 1. The highest BCUT2D eigenvalue weighted by Crippen LogP contribution is 2.17. The number of nitrogens with one attached hydrogen (secondary N) is 1. The highest BCUT2D eigenvalue weighted by atomic mass is 16.5. The summed E-state index contributed by atoms with van der Waals surface area (Å²) in [4.78, 5) is 12.2. The topological polar surface area (TPSA) is 56.1 Å². The van der Waals surface area contributed by atoms with Gasteiger partial charge in [-0.1, -0.05) is 12.1 Å². The molecule has 0 bridgehead atoms. The standard InChI is InChI=1S/C15H19N3O2/c1-3-18-11-12(10-17-18)9-16-15(19)13-7-5-6-8-14(13)20-4-2/h5-8,10-11H,3-4,9H2,1-2H3,(H,16,19). The van der Waals surface area contributed by atoms with Gasteiger partial charge >= 0.3 is 0 Å². The van der Waals surface area contributed by atoms with E-state index < -0.39 is 0 Å². The van der Waals surface area contributed by atoms with E-state index in [2.05, 4.69) is 10.4 Å². The Morgan fingerprint density at radius 1 is 1.35 bits per heavy atom. The molecular formula is C15H19N3O2. The van der Waals surface area contributed by atoms with E-state index in [1.807, 2.05) is 36.9 Å². The van der Waals surface area contributed by atoms with Gasteiger partial charge in [0, 0.05) is 24.8 Å². The number of aryl methyl sites for hydroxylation is 1. The maximum atomic E-state index is 12.2. The smallest absolute Gasteiger partial charge is 0.255 e. The van der Waals surface area contributed by atoms with Crippen molar-refractivity contribution in [3.05, 3.63) is 47.8 Å². The van der Waals surface area contributed by atoms with Gasteiger partial charge in [0.25, 0.3) is 5.91 Å². The molecule has 2 rings (SSSR count). The molecule has 0 saturated carbocycles. The molecule has 0 spiro atoms. The predicted molar refractivity (Wildman–Crippen MR) is 76.7 cm³/mol. The van der Waals surface area contributed by atoms with Crippen LogP contribution >= 0.6 is 0 Å². The van der Waals surface area contributed by atoms with Crippen LogP contribution in [0, 0.1) is 0 Å². The molecule has 0 atom stereocenters. The molecule has 5 nitrogen and oxygen atoms in total. The zero-order chi connectivity index (χ0) is 14.4. The van der Waals surface area contributed by atoms with Gasteiger partial charge in [0.1, 0.15) is 5.75 Å². The summed E-state index contributed by atoms with van der Waals surface area (Å²) < 4.78 is 7.28. The fourth-order valence-electron chi connectivity index (χ4n) is 1.88. The molecule has 0 radical (unpaired) electrons. The van der Waals surface area contributed by atoms with Crippen LogP contribution in [0.5, 0.6) is 5.75 Å². The third-order valence-electron chi connectivity index (χ3n) is 2.90. The van der Waals surface area contributed by atoms with E-state index in [9.17, 15) is 4.79 Å². The quantitative estimate of drug-likeness (QED) is 0.878. The summed E-state index contributed by atoms with van der Waals surface area (Å²) >= 11 is 0. The molecule has 2 aromatic rings. The van der Waals surface area contributed by atoms with Crippen LogP contribution in [0.2, 0.25) is 0 Å². The molecule has 106 valence electrons. The van der Waals surface area contributed by atoms with Gasteiger partial charge < -0.3 is 10.1 Å². The van der Waals surface area contributed by atoms with Crippen molar-refractivity contribution in [1.82, 2.24) is 15.1 Å². The van der Waals surface area contributed by atoms with Crippen molar-refractivity contribution >= 4 is 5.91 Å². The van der Waals surface area contributed by atoms with Crippen molar-refractivity contribution in [2.24, 2.45) is 0 Å². The van der Waals surface area contributed by atoms with Gasteiger partial charge in [0.2, 0.25) is 0 Å². The molecule has 5 heteroatoms. The molecule has 0 fully saturated rings. The summed E-state index contributed by atoms with van der Waals surface area (Å²) in [7, 11) is 0. The molecule has 1 N–H and O–H groups in total. The van der Waals surface area contributed by atoms with E-state index in [0.29, 0.717) is 24.5 Å². The van der Waals surface area contributed by atoms with Crippen LogP contribution in [0.4, 0.5) is 0 Å². The van der Waals surface area contributed by atoms with Crippen LogP contribution in [0.3, 0.4) is 0 Å². The highest BCUT2D eigenvalue weighted by molar-refractivity contribution is 5.96. The van der Waals surface area contributed by atoms with E-state index in [0.717, 1.165) is 12.1 Å². The monoisotopic (exact) mass is 273 g/mol. The van der Waals surface area contributed by atoms with Crippen LogP contribution in [0.1, 0.15) is 29.8 Å². The van der Waals surface area contributed by atoms with Gasteiger partial charge in [0.15, 0.2) is 0 Å². The van der Waals surface area contributed by atoms with Crippen molar-refractivity contribution in [3.8, 4) is 5.75 Å². The van der Waals surface area contributed by atoms with Gasteiger partial charge in [-0.3, -0.25) is 9.48 Å². The van der Waals surface area contributed by atoms with Crippen molar-refractivity contribution in [2.45, 2.75) is 26.9 Å². The molecule has 0 saturated heterocycles. The first-order chi connectivity index (χ1) is 9.74. The van der Waals surface area contributed by atoms with Crippen molar-refractivity contribution in [3.63, 3.8) is 0 Å². The summed E-state index contributed by atoms with van der Waals surface area (Å²) in [5.74, 6) is 0.468. The average Bonchev–Trinajstić information content (AvgIpc) is 2.94. The molecule has 0 unspecified atom stereocenters. The summed E-state index contributed by atoms with van der Waals surface area (Å²) in [6.07, 6.45) is 3.69. The number of para-hydroxylation sites is 1. The maximum absolute atomic E-state index is 12.2. The molecule has 1 heterocycles. The van der Waals surface area contributed by atoms with Crippen LogP contribution in [-0.2, 0) is 13.1 Å². The van der Waals surface area contributed by atoms with Gasteiger partial charge in [-0.2, -0.15) is 5.10 Å². The molecule has 0 aliphatic rings. The van der Waals surface area contributed by atoms with Crippen LogP contribution in [0.15, 0.2) is 36.7 Å². The second kappa shape index (κ2) is 6.75. The molecule has 1 aromatic heterocycles. The van der Waals surface area contributed by atoms with Crippen molar-refractivity contribution in [1.29, 1.82) is 0 Å². The maximum Gasteiger partial charge on any atom is 0.255 e. The van der Waals surface area contributed by atoms with Gasteiger partial charge in [-0.25, -0.2) is 0 Å².